The lowest BCUT2D eigenvalue weighted by Gasteiger charge is -2.49. The van der Waals surface area contributed by atoms with Crippen LogP contribution >= 0.6 is 0 Å². The van der Waals surface area contributed by atoms with Crippen molar-refractivity contribution in [3.63, 3.8) is 0 Å². The van der Waals surface area contributed by atoms with Crippen molar-refractivity contribution in [2.75, 3.05) is 19.6 Å². The Hall–Kier alpha value is -1.64. The average Bonchev–Trinajstić information content (AvgIpc) is 2.64. The second-order valence-electron chi connectivity index (χ2n) is 7.83. The summed E-state index contributed by atoms with van der Waals surface area (Å²) in [6.07, 6.45) is 4.09. The monoisotopic (exact) mass is 322 g/mol. The maximum absolute atomic E-state index is 11.9. The van der Waals surface area contributed by atoms with E-state index in [2.05, 4.69) is 60.7 Å². The molecule has 2 aromatic carbocycles. The van der Waals surface area contributed by atoms with Crippen LogP contribution in [0.5, 0.6) is 0 Å². The number of benzene rings is 2. The van der Waals surface area contributed by atoms with E-state index in [1.54, 1.807) is 4.90 Å². The van der Waals surface area contributed by atoms with Gasteiger partial charge in [0.05, 0.1) is 25.2 Å². The molecule has 0 aliphatic carbocycles. The van der Waals surface area contributed by atoms with E-state index < -0.39 is 5.60 Å². The largest absolute Gasteiger partial charge is 0.389 e. The van der Waals surface area contributed by atoms with Crippen molar-refractivity contribution in [1.29, 1.82) is 0 Å². The number of rotatable bonds is 5. The number of nitrogens with one attached hydrogen (secondary N) is 1. The molecule has 126 valence electrons. The van der Waals surface area contributed by atoms with E-state index in [0.717, 1.165) is 19.4 Å². The molecule has 2 aromatic rings. The lowest BCUT2D eigenvalue weighted by molar-refractivity contribution is -0.922. The molecule has 2 bridgehead atoms. The van der Waals surface area contributed by atoms with Crippen LogP contribution in [0.25, 0.3) is 0 Å². The van der Waals surface area contributed by atoms with Crippen molar-refractivity contribution < 1.29 is 10.0 Å². The molecule has 2 nitrogen and oxygen atoms in total. The first-order valence-electron chi connectivity index (χ1n) is 9.37. The van der Waals surface area contributed by atoms with Crippen LogP contribution in [0, 0.1) is 11.8 Å². The van der Waals surface area contributed by atoms with Crippen LogP contribution in [0.15, 0.2) is 60.7 Å². The summed E-state index contributed by atoms with van der Waals surface area (Å²) in [6.45, 7) is 3.74. The van der Waals surface area contributed by atoms with Crippen LogP contribution in [0.2, 0.25) is 0 Å². The molecule has 3 saturated heterocycles. The van der Waals surface area contributed by atoms with Crippen LogP contribution < -0.4 is 4.90 Å². The molecule has 2 N–H and O–H groups in total. The summed E-state index contributed by atoms with van der Waals surface area (Å²) in [4.78, 5) is 1.70. The molecule has 2 heteroatoms. The zero-order valence-corrected chi connectivity index (χ0v) is 14.3. The van der Waals surface area contributed by atoms with Crippen molar-refractivity contribution in [3.8, 4) is 0 Å². The molecule has 3 heterocycles. The van der Waals surface area contributed by atoms with Gasteiger partial charge < -0.3 is 10.0 Å². The minimum absolute atomic E-state index is 0.412. The number of fused-ring (bicyclic) bond motifs is 3. The molecular formula is C22H28NO+. The van der Waals surface area contributed by atoms with Gasteiger partial charge >= 0.3 is 0 Å². The predicted molar refractivity (Wildman–Crippen MR) is 97.0 cm³/mol. The van der Waals surface area contributed by atoms with Gasteiger partial charge in [0.2, 0.25) is 0 Å². The fourth-order valence-electron chi connectivity index (χ4n) is 4.98. The van der Waals surface area contributed by atoms with Crippen LogP contribution in [0.3, 0.4) is 0 Å². The standard InChI is InChI=1S/C22H27NO/c24-22(15-18-7-3-1-4-8-18,16-19-9-5-2-6-10-19)21-17-23-13-11-20(21)12-14-23/h1-10,20-21,24H,11-17H2/p+1/t21-/m0/s1. The van der Waals surface area contributed by atoms with Crippen LogP contribution in [-0.4, -0.2) is 30.3 Å². The third-order valence-corrected chi connectivity index (χ3v) is 6.21. The quantitative estimate of drug-likeness (QED) is 0.866. The van der Waals surface area contributed by atoms with Gasteiger partial charge in [0.1, 0.15) is 0 Å². The van der Waals surface area contributed by atoms with Gasteiger partial charge in [-0.05, 0) is 17.0 Å². The van der Waals surface area contributed by atoms with Gasteiger partial charge in [0.15, 0.2) is 0 Å². The molecule has 0 aromatic heterocycles. The Morgan fingerprint density at radius 3 is 1.75 bits per heavy atom. The Bertz CT molecular complexity index is 605. The SMILES string of the molecule is OC(Cc1ccccc1)(Cc1ccccc1)[C@H]1C[NH+]2CCC1CC2. The molecule has 3 aliphatic rings. The Morgan fingerprint density at radius 1 is 0.833 bits per heavy atom. The van der Waals surface area contributed by atoms with Gasteiger partial charge in [-0.25, -0.2) is 0 Å². The number of aliphatic hydroxyl groups is 1. The molecule has 0 amide bonds. The average molecular weight is 322 g/mol. The van der Waals surface area contributed by atoms with Gasteiger partial charge in [0.25, 0.3) is 0 Å². The summed E-state index contributed by atoms with van der Waals surface area (Å²) >= 11 is 0. The normalized spacial score (nSPS) is 26.5. The molecule has 24 heavy (non-hydrogen) atoms. The van der Waals surface area contributed by atoms with E-state index in [4.69, 9.17) is 0 Å². The highest BCUT2D eigenvalue weighted by molar-refractivity contribution is 5.22. The summed E-state index contributed by atoms with van der Waals surface area (Å²) in [5.41, 5.74) is 1.86. The highest BCUT2D eigenvalue weighted by atomic mass is 16.3. The van der Waals surface area contributed by atoms with E-state index in [1.165, 1.54) is 37.1 Å². The van der Waals surface area contributed by atoms with E-state index in [1.807, 2.05) is 0 Å². The van der Waals surface area contributed by atoms with E-state index >= 15 is 0 Å². The Kier molecular flexibility index (Phi) is 4.43. The molecule has 0 saturated carbocycles. The Balaban J connectivity index is 1.63. The van der Waals surface area contributed by atoms with Crippen molar-refractivity contribution in [1.82, 2.24) is 0 Å². The van der Waals surface area contributed by atoms with Gasteiger partial charge in [-0.15, -0.1) is 0 Å². The molecule has 1 atom stereocenters. The van der Waals surface area contributed by atoms with Crippen LogP contribution in [0.1, 0.15) is 24.0 Å². The number of hydrogen-bond acceptors (Lipinski definition) is 1. The summed E-state index contributed by atoms with van der Waals surface area (Å²) in [6, 6.07) is 21.1. The fourth-order valence-corrected chi connectivity index (χ4v) is 4.98. The minimum atomic E-state index is -0.639. The molecule has 0 spiro atoms. The second kappa shape index (κ2) is 6.70. The van der Waals surface area contributed by atoms with E-state index in [9.17, 15) is 5.11 Å². The highest BCUT2D eigenvalue weighted by Crippen LogP contribution is 2.37. The van der Waals surface area contributed by atoms with Crippen LogP contribution in [0.4, 0.5) is 0 Å². The van der Waals surface area contributed by atoms with Gasteiger partial charge in [-0.2, -0.15) is 0 Å². The van der Waals surface area contributed by atoms with Crippen molar-refractivity contribution in [2.24, 2.45) is 11.8 Å². The fraction of sp³-hybridized carbons (Fsp3) is 0.455. The highest BCUT2D eigenvalue weighted by Gasteiger charge is 2.48. The lowest BCUT2D eigenvalue weighted by atomic mass is 9.66. The summed E-state index contributed by atoms with van der Waals surface area (Å²) in [7, 11) is 0. The maximum atomic E-state index is 11.9. The zero-order valence-electron chi connectivity index (χ0n) is 14.3. The predicted octanol–water partition coefficient (Wildman–Crippen LogP) is 2.13. The third-order valence-electron chi connectivity index (χ3n) is 6.21. The number of piperidine rings is 3. The first-order valence-corrected chi connectivity index (χ1v) is 9.37. The van der Waals surface area contributed by atoms with E-state index in [-0.39, 0.29) is 0 Å². The first kappa shape index (κ1) is 15.9. The van der Waals surface area contributed by atoms with Gasteiger partial charge in [0, 0.05) is 31.6 Å². The minimum Gasteiger partial charge on any atom is -0.389 e. The third kappa shape index (κ3) is 3.26. The topological polar surface area (TPSA) is 24.7 Å². The Labute approximate surface area is 145 Å². The van der Waals surface area contributed by atoms with Crippen LogP contribution in [-0.2, 0) is 12.8 Å². The summed E-state index contributed by atoms with van der Waals surface area (Å²) in [5, 5.41) is 11.9. The van der Waals surface area contributed by atoms with Gasteiger partial charge in [-0.1, -0.05) is 60.7 Å². The molecule has 3 aliphatic heterocycles. The molecule has 5 rings (SSSR count). The second-order valence-corrected chi connectivity index (χ2v) is 7.83. The zero-order chi connectivity index (χ0) is 16.4. The summed E-state index contributed by atoms with van der Waals surface area (Å²) < 4.78 is 0. The maximum Gasteiger partial charge on any atom is 0.0830 e. The smallest absolute Gasteiger partial charge is 0.0830 e. The van der Waals surface area contributed by atoms with Gasteiger partial charge in [-0.3, -0.25) is 0 Å². The van der Waals surface area contributed by atoms with Crippen molar-refractivity contribution >= 4 is 0 Å². The number of hydrogen-bond donors (Lipinski definition) is 2. The number of quaternary nitrogens is 1. The molecule has 3 fully saturated rings. The molecule has 0 unspecified atom stereocenters. The summed E-state index contributed by atoms with van der Waals surface area (Å²) in [5.74, 6) is 1.11. The van der Waals surface area contributed by atoms with Crippen molar-refractivity contribution in [2.45, 2.75) is 31.3 Å². The van der Waals surface area contributed by atoms with Crippen molar-refractivity contribution in [3.05, 3.63) is 71.8 Å². The molecule has 0 radical (unpaired) electrons. The first-order chi connectivity index (χ1) is 11.7. The van der Waals surface area contributed by atoms with E-state index in [0.29, 0.717) is 11.8 Å². The molecular weight excluding hydrogens is 294 g/mol. The lowest BCUT2D eigenvalue weighted by Crippen LogP contribution is -3.16. The Morgan fingerprint density at radius 2 is 1.33 bits per heavy atom.